The molecule has 1 N–H and O–H groups in total. The smallest absolute Gasteiger partial charge is 0.306 e. The van der Waals surface area contributed by atoms with Gasteiger partial charge in [-0.25, -0.2) is 9.67 Å². The largest absolute Gasteiger partial charge is 0.449 e. The number of rotatable bonds is 4. The van der Waals surface area contributed by atoms with Crippen molar-refractivity contribution in [2.45, 2.75) is 71.5 Å². The maximum atomic E-state index is 13.4. The molecule has 4 aliphatic rings. The van der Waals surface area contributed by atoms with Gasteiger partial charge in [-0.1, -0.05) is 32.4 Å². The Bertz CT molecular complexity index is 1430. The Morgan fingerprint density at radius 2 is 2.05 bits per heavy atom. The van der Waals surface area contributed by atoms with Gasteiger partial charge in [0.1, 0.15) is 0 Å². The number of aliphatic hydroxyl groups is 1. The van der Waals surface area contributed by atoms with E-state index in [0.29, 0.717) is 31.4 Å². The number of nitrogens with zero attached hydrogens (tertiary/aromatic N) is 3. The van der Waals surface area contributed by atoms with E-state index < -0.39 is 34.2 Å². The van der Waals surface area contributed by atoms with Gasteiger partial charge in [-0.3, -0.25) is 9.59 Å². The summed E-state index contributed by atoms with van der Waals surface area (Å²) in [4.78, 5) is 29.3. The number of fused-ring (bicyclic) bond motifs is 6. The van der Waals surface area contributed by atoms with Crippen molar-refractivity contribution in [1.82, 2.24) is 14.8 Å². The molecule has 0 amide bonds. The first-order chi connectivity index (χ1) is 18.4. The average molecular weight is 552 g/mol. The van der Waals surface area contributed by atoms with Crippen LogP contribution in [0.3, 0.4) is 0 Å². The Morgan fingerprint density at radius 1 is 1.28 bits per heavy atom. The van der Waals surface area contributed by atoms with Crippen LogP contribution in [-0.2, 0) is 20.7 Å². The normalized spacial score (nSPS) is 36.6. The minimum Gasteiger partial charge on any atom is -0.449 e. The van der Waals surface area contributed by atoms with Crippen LogP contribution in [0.5, 0.6) is 0 Å². The maximum absolute atomic E-state index is 13.4. The molecule has 0 aliphatic heterocycles. The van der Waals surface area contributed by atoms with Crippen molar-refractivity contribution in [2.24, 2.45) is 28.6 Å². The van der Waals surface area contributed by atoms with Crippen LogP contribution in [0.25, 0.3) is 11.8 Å². The molecular weight excluding hydrogens is 517 g/mol. The fourth-order valence-electron chi connectivity index (χ4n) is 8.58. The molecule has 0 spiro atoms. The molecule has 0 radical (unpaired) electrons. The second-order valence-electron chi connectivity index (χ2n) is 12.2. The quantitative estimate of drug-likeness (QED) is 0.320. The fraction of sp³-hybridized carbons (Fsp3) is 0.533. The highest BCUT2D eigenvalue weighted by atomic mass is 32.1. The van der Waals surface area contributed by atoms with Gasteiger partial charge in [0.15, 0.2) is 5.60 Å². The number of aromatic nitrogens is 3. The number of aliphatic hydroxyl groups excluding tert-OH is 1. The summed E-state index contributed by atoms with van der Waals surface area (Å²) in [7, 11) is 0. The summed E-state index contributed by atoms with van der Waals surface area (Å²) < 4.78 is 21.2. The van der Waals surface area contributed by atoms with Crippen LogP contribution in [0.4, 0.5) is 4.39 Å². The standard InChI is InChI=1S/C30H34FN3O4S/c1-5-25(36)38-30(27(37)39)9-8-20-19-10-16(2)21-11-22-17(14-33-34(22)18-6-7-24(31)32-15-18)12-28(21,3)26(19)23(35)13-29(20,30)4/h6-7,10-11,14-15,19-20,23,26,35H,5,8-9,12-13H2,1-4H3,(H,37,39)/t19-,20?,23-,26?,28-,29-,30-/m0/s1. The Morgan fingerprint density at radius 3 is 2.72 bits per heavy atom. The van der Waals surface area contributed by atoms with Crippen molar-refractivity contribution in [3.05, 3.63) is 59.0 Å². The summed E-state index contributed by atoms with van der Waals surface area (Å²) >= 11 is 4.23. The lowest BCUT2D eigenvalue weighted by Crippen LogP contribution is -2.62. The van der Waals surface area contributed by atoms with Crippen LogP contribution in [0.2, 0.25) is 0 Å². The lowest BCUT2D eigenvalue weighted by molar-refractivity contribution is -0.191. The van der Waals surface area contributed by atoms with Crippen molar-refractivity contribution in [2.75, 3.05) is 0 Å². The van der Waals surface area contributed by atoms with Gasteiger partial charge < -0.3 is 9.84 Å². The molecule has 7 atom stereocenters. The van der Waals surface area contributed by atoms with Gasteiger partial charge in [-0.2, -0.15) is 9.49 Å². The van der Waals surface area contributed by atoms with Crippen LogP contribution in [-0.4, -0.2) is 42.7 Å². The number of halogens is 1. The number of carbonyl (C=O) groups excluding carboxylic acids is 2. The summed E-state index contributed by atoms with van der Waals surface area (Å²) in [5, 5.41) is 16.0. The van der Waals surface area contributed by atoms with Gasteiger partial charge >= 0.3 is 5.97 Å². The van der Waals surface area contributed by atoms with E-state index in [4.69, 9.17) is 4.74 Å². The molecule has 39 heavy (non-hydrogen) atoms. The monoisotopic (exact) mass is 551 g/mol. The molecule has 2 fully saturated rings. The van der Waals surface area contributed by atoms with E-state index in [0.717, 1.165) is 22.4 Å². The van der Waals surface area contributed by atoms with Gasteiger partial charge in [-0.05, 0) is 73.8 Å². The summed E-state index contributed by atoms with van der Waals surface area (Å²) in [5.74, 6) is -0.983. The summed E-state index contributed by atoms with van der Waals surface area (Å²) in [5.41, 5.74) is 2.53. The number of pyridine rings is 1. The Labute approximate surface area is 232 Å². The zero-order chi connectivity index (χ0) is 27.9. The number of esters is 1. The summed E-state index contributed by atoms with van der Waals surface area (Å²) in [6.07, 6.45) is 9.37. The highest BCUT2D eigenvalue weighted by Gasteiger charge is 2.70. The highest BCUT2D eigenvalue weighted by molar-refractivity contribution is 7.96. The predicted molar refractivity (Wildman–Crippen MR) is 146 cm³/mol. The molecule has 2 saturated carbocycles. The molecule has 0 bridgehead atoms. The topological polar surface area (TPSA) is 94.3 Å². The van der Waals surface area contributed by atoms with Gasteiger partial charge in [0.05, 0.1) is 29.9 Å². The van der Waals surface area contributed by atoms with Crippen LogP contribution in [0.15, 0.2) is 41.7 Å². The number of carbonyl (C=O) groups is 2. The molecule has 2 aromatic heterocycles. The first-order valence-corrected chi connectivity index (χ1v) is 14.1. The van der Waals surface area contributed by atoms with E-state index in [2.05, 4.69) is 48.7 Å². The molecule has 4 aliphatic carbocycles. The molecule has 7 nitrogen and oxygen atoms in total. The SMILES string of the molecule is CCC(=O)O[C@]1(C(=O)S)CCC2[C@@H]3C=C(C)C4=Cc5c(cnn5-c5ccc(F)nc5)C[C@]4(C)C3[C@@H](O)C[C@@]21C. The van der Waals surface area contributed by atoms with Crippen LogP contribution in [0, 0.1) is 34.5 Å². The predicted octanol–water partition coefficient (Wildman–Crippen LogP) is 4.87. The highest BCUT2D eigenvalue weighted by Crippen LogP contribution is 2.68. The third-order valence-electron chi connectivity index (χ3n) is 10.3. The first-order valence-electron chi connectivity index (χ1n) is 13.7. The average Bonchev–Trinajstić information content (AvgIpc) is 3.41. The van der Waals surface area contributed by atoms with Gasteiger partial charge in [-0.15, -0.1) is 12.6 Å². The van der Waals surface area contributed by atoms with Crippen LogP contribution < -0.4 is 0 Å². The van der Waals surface area contributed by atoms with Gasteiger partial charge in [0.2, 0.25) is 11.1 Å². The number of allylic oxidation sites excluding steroid dienone is 3. The van der Waals surface area contributed by atoms with Gasteiger partial charge in [0, 0.05) is 23.2 Å². The zero-order valence-corrected chi connectivity index (χ0v) is 23.5. The molecule has 2 heterocycles. The van der Waals surface area contributed by atoms with Crippen molar-refractivity contribution in [3.8, 4) is 5.69 Å². The number of hydrogen-bond acceptors (Lipinski definition) is 6. The van der Waals surface area contributed by atoms with Crippen molar-refractivity contribution in [3.63, 3.8) is 0 Å². The first kappa shape index (κ1) is 26.4. The van der Waals surface area contributed by atoms with Crippen LogP contribution in [0.1, 0.15) is 64.6 Å². The molecular formula is C30H34FN3O4S. The molecule has 2 aromatic rings. The van der Waals surface area contributed by atoms with E-state index in [1.807, 2.05) is 13.1 Å². The molecule has 2 unspecified atom stereocenters. The zero-order valence-electron chi connectivity index (χ0n) is 22.6. The maximum Gasteiger partial charge on any atom is 0.306 e. The second kappa shape index (κ2) is 8.86. The summed E-state index contributed by atoms with van der Waals surface area (Å²) in [6, 6.07) is 2.98. The second-order valence-corrected chi connectivity index (χ2v) is 12.6. The van der Waals surface area contributed by atoms with Crippen molar-refractivity contribution >= 4 is 29.8 Å². The van der Waals surface area contributed by atoms with E-state index in [9.17, 15) is 19.1 Å². The lowest BCUT2D eigenvalue weighted by atomic mass is 9.46. The van der Waals surface area contributed by atoms with E-state index in [1.54, 1.807) is 17.7 Å². The number of thiol groups is 1. The minimum atomic E-state index is -1.34. The molecule has 6 rings (SSSR count). The van der Waals surface area contributed by atoms with E-state index in [1.165, 1.54) is 12.3 Å². The molecule has 0 aromatic carbocycles. The molecule has 9 heteroatoms. The Hall–Kier alpha value is -2.78. The fourth-order valence-corrected chi connectivity index (χ4v) is 8.99. The third kappa shape index (κ3) is 3.58. The van der Waals surface area contributed by atoms with Crippen molar-refractivity contribution < 1.29 is 23.8 Å². The third-order valence-corrected chi connectivity index (χ3v) is 10.7. The Balaban J connectivity index is 1.43. The van der Waals surface area contributed by atoms with E-state index in [-0.39, 0.29) is 29.6 Å². The Kier molecular flexibility index (Phi) is 6.01. The molecule has 0 saturated heterocycles. The van der Waals surface area contributed by atoms with Crippen molar-refractivity contribution in [1.29, 1.82) is 0 Å². The number of ether oxygens (including phenoxy) is 1. The minimum absolute atomic E-state index is 0.00804. The number of hydrogen-bond donors (Lipinski definition) is 2. The lowest BCUT2D eigenvalue weighted by Gasteiger charge is -2.59. The van der Waals surface area contributed by atoms with Gasteiger partial charge in [0.25, 0.3) is 0 Å². The summed E-state index contributed by atoms with van der Waals surface area (Å²) in [6.45, 7) is 8.04. The van der Waals surface area contributed by atoms with Crippen LogP contribution >= 0.6 is 12.6 Å². The molecule has 206 valence electrons. The van der Waals surface area contributed by atoms with E-state index >= 15 is 0 Å².